The number of hydrogen-bond donors (Lipinski definition) is 1. The normalized spacial score (nSPS) is 10.9. The van der Waals surface area contributed by atoms with Gasteiger partial charge in [-0.1, -0.05) is 66.2 Å². The highest BCUT2D eigenvalue weighted by molar-refractivity contribution is 6.33. The average molecular weight is 390 g/mol. The highest BCUT2D eigenvalue weighted by Crippen LogP contribution is 2.18. The molecule has 140 valence electrons. The van der Waals surface area contributed by atoms with Crippen molar-refractivity contribution < 1.29 is 4.79 Å². The van der Waals surface area contributed by atoms with Crippen LogP contribution >= 0.6 is 11.6 Å². The fourth-order valence-electron chi connectivity index (χ4n) is 3.30. The lowest BCUT2D eigenvalue weighted by Gasteiger charge is -2.11. The second-order valence-corrected chi connectivity index (χ2v) is 6.97. The molecule has 0 aliphatic carbocycles. The Bertz CT molecular complexity index is 1110. The zero-order valence-electron chi connectivity index (χ0n) is 15.3. The van der Waals surface area contributed by atoms with E-state index in [2.05, 4.69) is 28.1 Å². The van der Waals surface area contributed by atoms with Gasteiger partial charge in [-0.05, 0) is 36.2 Å². The SMILES string of the molecule is O=C(NCc1nc2ccccc2n1CCc1ccccc1)c1ccccc1Cl. The van der Waals surface area contributed by atoms with Gasteiger partial charge in [0, 0.05) is 6.54 Å². The van der Waals surface area contributed by atoms with E-state index < -0.39 is 0 Å². The fraction of sp³-hybridized carbons (Fsp3) is 0.130. The number of imidazole rings is 1. The van der Waals surface area contributed by atoms with Gasteiger partial charge in [0.25, 0.3) is 5.91 Å². The molecule has 1 heterocycles. The molecule has 1 N–H and O–H groups in total. The summed E-state index contributed by atoms with van der Waals surface area (Å²) in [4.78, 5) is 17.2. The molecule has 1 aromatic heterocycles. The van der Waals surface area contributed by atoms with E-state index in [1.807, 2.05) is 42.5 Å². The number of nitrogens with one attached hydrogen (secondary N) is 1. The number of para-hydroxylation sites is 2. The maximum absolute atomic E-state index is 12.5. The Hall–Kier alpha value is -3.11. The predicted molar refractivity (Wildman–Crippen MR) is 113 cm³/mol. The van der Waals surface area contributed by atoms with Crippen LogP contribution in [0.1, 0.15) is 21.7 Å². The summed E-state index contributed by atoms with van der Waals surface area (Å²) in [5, 5.41) is 3.39. The van der Waals surface area contributed by atoms with E-state index in [4.69, 9.17) is 16.6 Å². The lowest BCUT2D eigenvalue weighted by atomic mass is 10.1. The van der Waals surface area contributed by atoms with Crippen LogP contribution in [-0.2, 0) is 19.5 Å². The monoisotopic (exact) mass is 389 g/mol. The number of aromatic nitrogens is 2. The molecule has 3 aromatic carbocycles. The van der Waals surface area contributed by atoms with E-state index in [9.17, 15) is 4.79 Å². The highest BCUT2D eigenvalue weighted by atomic mass is 35.5. The summed E-state index contributed by atoms with van der Waals surface area (Å²) in [5.74, 6) is 0.629. The van der Waals surface area contributed by atoms with Crippen molar-refractivity contribution >= 4 is 28.5 Å². The minimum atomic E-state index is -0.202. The van der Waals surface area contributed by atoms with Crippen LogP contribution < -0.4 is 5.32 Å². The topological polar surface area (TPSA) is 46.9 Å². The standard InChI is InChI=1S/C23H20ClN3O/c24-19-11-5-4-10-18(19)23(28)25-16-22-26-20-12-6-7-13-21(20)27(22)15-14-17-8-2-1-3-9-17/h1-13H,14-16H2,(H,25,28). The Morgan fingerprint density at radius 3 is 2.46 bits per heavy atom. The molecule has 0 atom stereocenters. The summed E-state index contributed by atoms with van der Waals surface area (Å²) in [5.41, 5.74) is 3.74. The Morgan fingerprint density at radius 2 is 1.64 bits per heavy atom. The van der Waals surface area contributed by atoms with Crippen LogP contribution in [0.15, 0.2) is 78.9 Å². The maximum atomic E-state index is 12.5. The van der Waals surface area contributed by atoms with Gasteiger partial charge in [-0.2, -0.15) is 0 Å². The zero-order chi connectivity index (χ0) is 19.3. The lowest BCUT2D eigenvalue weighted by molar-refractivity contribution is 0.0949. The summed E-state index contributed by atoms with van der Waals surface area (Å²) >= 11 is 6.13. The molecule has 0 fully saturated rings. The Morgan fingerprint density at radius 1 is 0.929 bits per heavy atom. The van der Waals surface area contributed by atoms with E-state index in [-0.39, 0.29) is 5.91 Å². The second-order valence-electron chi connectivity index (χ2n) is 6.57. The largest absolute Gasteiger partial charge is 0.345 e. The van der Waals surface area contributed by atoms with Gasteiger partial charge in [0.15, 0.2) is 0 Å². The first-order chi connectivity index (χ1) is 13.7. The third kappa shape index (κ3) is 3.92. The summed E-state index contributed by atoms with van der Waals surface area (Å²) in [7, 11) is 0. The molecule has 5 heteroatoms. The molecule has 0 saturated heterocycles. The molecule has 0 spiro atoms. The first kappa shape index (κ1) is 18.3. The first-order valence-electron chi connectivity index (χ1n) is 9.23. The molecule has 0 aliphatic heterocycles. The smallest absolute Gasteiger partial charge is 0.253 e. The molecule has 4 nitrogen and oxygen atoms in total. The number of halogens is 1. The van der Waals surface area contributed by atoms with Crippen molar-refractivity contribution in [3.8, 4) is 0 Å². The van der Waals surface area contributed by atoms with Gasteiger partial charge in [0.05, 0.1) is 28.2 Å². The van der Waals surface area contributed by atoms with Crippen molar-refractivity contribution in [3.05, 3.63) is 101 Å². The van der Waals surface area contributed by atoms with Crippen molar-refractivity contribution in [1.82, 2.24) is 14.9 Å². The number of amides is 1. The van der Waals surface area contributed by atoms with Gasteiger partial charge in [0.2, 0.25) is 0 Å². The number of carbonyl (C=O) groups excluding carboxylic acids is 1. The minimum absolute atomic E-state index is 0.202. The number of benzene rings is 3. The zero-order valence-corrected chi connectivity index (χ0v) is 16.1. The van der Waals surface area contributed by atoms with Crippen LogP contribution in [0.4, 0.5) is 0 Å². The lowest BCUT2D eigenvalue weighted by Crippen LogP contribution is -2.25. The van der Waals surface area contributed by atoms with E-state index >= 15 is 0 Å². The van der Waals surface area contributed by atoms with E-state index in [1.54, 1.807) is 18.2 Å². The van der Waals surface area contributed by atoms with E-state index in [1.165, 1.54) is 5.56 Å². The molecule has 28 heavy (non-hydrogen) atoms. The molecule has 1 amide bonds. The van der Waals surface area contributed by atoms with Crippen molar-refractivity contribution in [3.63, 3.8) is 0 Å². The summed E-state index contributed by atoms with van der Waals surface area (Å²) < 4.78 is 2.18. The third-order valence-electron chi connectivity index (χ3n) is 4.73. The molecule has 0 radical (unpaired) electrons. The molecule has 0 aliphatic rings. The number of aryl methyl sites for hydroxylation is 2. The molecule has 4 aromatic rings. The molecule has 0 unspecified atom stereocenters. The van der Waals surface area contributed by atoms with Crippen LogP contribution in [0.25, 0.3) is 11.0 Å². The molecular weight excluding hydrogens is 370 g/mol. The number of rotatable bonds is 6. The Kier molecular flexibility index (Phi) is 5.40. The van der Waals surface area contributed by atoms with Crippen molar-refractivity contribution in [2.45, 2.75) is 19.5 Å². The molecule has 0 bridgehead atoms. The van der Waals surface area contributed by atoms with Gasteiger partial charge in [0.1, 0.15) is 5.82 Å². The van der Waals surface area contributed by atoms with E-state index in [0.29, 0.717) is 17.1 Å². The minimum Gasteiger partial charge on any atom is -0.345 e. The Balaban J connectivity index is 1.56. The number of fused-ring (bicyclic) bond motifs is 1. The van der Waals surface area contributed by atoms with Crippen molar-refractivity contribution in [2.24, 2.45) is 0 Å². The Labute approximate surface area is 168 Å². The number of carbonyl (C=O) groups is 1. The molecule has 4 rings (SSSR count). The highest BCUT2D eigenvalue weighted by Gasteiger charge is 2.14. The quantitative estimate of drug-likeness (QED) is 0.511. The van der Waals surface area contributed by atoms with Crippen LogP contribution in [0, 0.1) is 0 Å². The maximum Gasteiger partial charge on any atom is 0.253 e. The van der Waals surface area contributed by atoms with Crippen LogP contribution in [0.5, 0.6) is 0 Å². The first-order valence-corrected chi connectivity index (χ1v) is 9.61. The average Bonchev–Trinajstić information content (AvgIpc) is 3.09. The van der Waals surface area contributed by atoms with Gasteiger partial charge in [-0.15, -0.1) is 0 Å². The third-order valence-corrected chi connectivity index (χ3v) is 5.06. The van der Waals surface area contributed by atoms with Crippen LogP contribution in [0.2, 0.25) is 5.02 Å². The summed E-state index contributed by atoms with van der Waals surface area (Å²) in [6.45, 7) is 1.13. The second kappa shape index (κ2) is 8.28. The number of nitrogens with zero attached hydrogens (tertiary/aromatic N) is 2. The summed E-state index contributed by atoms with van der Waals surface area (Å²) in [6.07, 6.45) is 0.895. The van der Waals surface area contributed by atoms with Crippen LogP contribution in [0.3, 0.4) is 0 Å². The number of hydrogen-bond acceptors (Lipinski definition) is 2. The van der Waals surface area contributed by atoms with Gasteiger partial charge < -0.3 is 9.88 Å². The fourth-order valence-corrected chi connectivity index (χ4v) is 3.52. The van der Waals surface area contributed by atoms with Crippen LogP contribution in [-0.4, -0.2) is 15.5 Å². The molecule has 0 saturated carbocycles. The summed E-state index contributed by atoms with van der Waals surface area (Å²) in [6, 6.07) is 25.4. The van der Waals surface area contributed by atoms with Gasteiger partial charge in [-0.25, -0.2) is 4.98 Å². The molecular formula is C23H20ClN3O. The predicted octanol–water partition coefficient (Wildman–Crippen LogP) is 4.86. The van der Waals surface area contributed by atoms with Gasteiger partial charge in [-0.3, -0.25) is 4.79 Å². The van der Waals surface area contributed by atoms with Crippen molar-refractivity contribution in [2.75, 3.05) is 0 Å². The van der Waals surface area contributed by atoms with Crippen molar-refractivity contribution in [1.29, 1.82) is 0 Å². The van der Waals surface area contributed by atoms with E-state index in [0.717, 1.165) is 29.8 Å². The van der Waals surface area contributed by atoms with Gasteiger partial charge >= 0.3 is 0 Å².